The topological polar surface area (TPSA) is 107 Å². The second-order valence-corrected chi connectivity index (χ2v) is 6.39. The Hall–Kier alpha value is -3.17. The zero-order valence-electron chi connectivity index (χ0n) is 15.5. The number of carbonyl (C=O) groups is 1. The molecule has 0 saturated heterocycles. The van der Waals surface area contributed by atoms with Crippen LogP contribution in [0.5, 0.6) is 5.75 Å². The maximum atomic E-state index is 13.4. The molecule has 0 fully saturated rings. The number of benzene rings is 2. The van der Waals surface area contributed by atoms with Gasteiger partial charge in [-0.3, -0.25) is 4.79 Å². The maximum Gasteiger partial charge on any atom is 0.280 e. The third-order valence-electron chi connectivity index (χ3n) is 4.06. The van der Waals surface area contributed by atoms with Crippen LogP contribution in [0.3, 0.4) is 0 Å². The summed E-state index contributed by atoms with van der Waals surface area (Å²) < 4.78 is 18.5. The molecule has 5 N–H and O–H groups in total. The summed E-state index contributed by atoms with van der Waals surface area (Å²) in [5, 5.41) is 15.8. The Bertz CT molecular complexity index is 890. The van der Waals surface area contributed by atoms with Crippen molar-refractivity contribution >= 4 is 17.6 Å². The van der Waals surface area contributed by atoms with E-state index in [9.17, 15) is 14.3 Å². The molecular formula is C19H22FN5O3. The number of guanidine groups is 1. The number of phenolic OH excluding ortho intramolecular Hbond substituents is 1. The van der Waals surface area contributed by atoms with Crippen molar-refractivity contribution in [2.75, 3.05) is 19.1 Å². The number of hydrazine groups is 1. The number of nitrogens with zero attached hydrogens (tertiary/aromatic N) is 1. The Morgan fingerprint density at radius 2 is 2.18 bits per heavy atom. The van der Waals surface area contributed by atoms with Crippen LogP contribution in [0.2, 0.25) is 0 Å². The van der Waals surface area contributed by atoms with E-state index in [2.05, 4.69) is 26.5 Å². The van der Waals surface area contributed by atoms with Gasteiger partial charge in [0.25, 0.3) is 5.91 Å². The second-order valence-electron chi connectivity index (χ2n) is 6.39. The predicted octanol–water partition coefficient (Wildman–Crippen LogP) is 1.87. The standard InChI is InChI=1S/C19H22FN5O3/c1-11(10-28-2)21-19(23-18(27)12-4-3-5-14(26)8-12)22-17-15-7-6-13(20)9-16(15)24-25-17/h3-9,11,17,24-26H,10H2,1-2H3,(H2,21,22,23,27)/t11-,17?/m0/s1. The van der Waals surface area contributed by atoms with Crippen LogP contribution in [-0.2, 0) is 4.74 Å². The predicted molar refractivity (Wildman–Crippen MR) is 103 cm³/mol. The second kappa shape index (κ2) is 8.68. The number of amides is 1. The van der Waals surface area contributed by atoms with E-state index >= 15 is 0 Å². The fourth-order valence-corrected chi connectivity index (χ4v) is 2.80. The fraction of sp³-hybridized carbons (Fsp3) is 0.263. The quantitative estimate of drug-likeness (QED) is 0.394. The molecule has 2 atom stereocenters. The summed E-state index contributed by atoms with van der Waals surface area (Å²) in [5.41, 5.74) is 7.49. The van der Waals surface area contributed by atoms with Gasteiger partial charge < -0.3 is 25.9 Å². The molecule has 0 spiro atoms. The van der Waals surface area contributed by atoms with Crippen molar-refractivity contribution < 1.29 is 19.0 Å². The first-order valence-corrected chi connectivity index (χ1v) is 8.71. The number of rotatable bonds is 5. The minimum atomic E-state index is -0.527. The van der Waals surface area contributed by atoms with E-state index < -0.39 is 12.1 Å². The molecule has 1 aliphatic heterocycles. The Morgan fingerprint density at radius 3 is 2.93 bits per heavy atom. The van der Waals surface area contributed by atoms with E-state index in [-0.39, 0.29) is 29.1 Å². The normalized spacial score (nSPS) is 16.8. The smallest absolute Gasteiger partial charge is 0.280 e. The van der Waals surface area contributed by atoms with Crippen molar-refractivity contribution in [3.63, 3.8) is 0 Å². The van der Waals surface area contributed by atoms with E-state index in [1.165, 1.54) is 24.3 Å². The molecule has 0 bridgehead atoms. The Kier molecular flexibility index (Phi) is 6.07. The highest BCUT2D eigenvalue weighted by Crippen LogP contribution is 2.27. The Labute approximate surface area is 161 Å². The van der Waals surface area contributed by atoms with Crippen LogP contribution in [0.25, 0.3) is 0 Å². The third kappa shape index (κ3) is 4.76. The number of ether oxygens (including phenoxy) is 1. The molecule has 3 rings (SSSR count). The van der Waals surface area contributed by atoms with Crippen molar-refractivity contribution in [1.82, 2.24) is 16.1 Å². The molecule has 8 nitrogen and oxygen atoms in total. The summed E-state index contributed by atoms with van der Waals surface area (Å²) in [6.07, 6.45) is -0.437. The van der Waals surface area contributed by atoms with Crippen LogP contribution in [0.1, 0.15) is 29.0 Å². The van der Waals surface area contributed by atoms with Gasteiger partial charge in [0, 0.05) is 24.3 Å². The van der Waals surface area contributed by atoms with E-state index in [1.54, 1.807) is 25.3 Å². The molecule has 0 saturated carbocycles. The van der Waals surface area contributed by atoms with Gasteiger partial charge >= 0.3 is 0 Å². The molecule has 148 valence electrons. The van der Waals surface area contributed by atoms with Crippen molar-refractivity contribution in [3.8, 4) is 5.75 Å². The Balaban J connectivity index is 1.82. The molecule has 0 radical (unpaired) electrons. The fourth-order valence-electron chi connectivity index (χ4n) is 2.80. The van der Waals surface area contributed by atoms with E-state index in [0.29, 0.717) is 12.3 Å². The number of halogens is 1. The molecule has 0 aliphatic carbocycles. The molecule has 1 amide bonds. The Morgan fingerprint density at radius 1 is 1.36 bits per heavy atom. The van der Waals surface area contributed by atoms with Crippen LogP contribution < -0.4 is 21.5 Å². The van der Waals surface area contributed by atoms with Crippen molar-refractivity contribution in [2.45, 2.75) is 19.1 Å². The molecule has 1 unspecified atom stereocenters. The first-order chi connectivity index (χ1) is 13.5. The third-order valence-corrected chi connectivity index (χ3v) is 4.06. The average molecular weight is 387 g/mol. The number of fused-ring (bicyclic) bond motifs is 1. The van der Waals surface area contributed by atoms with Crippen molar-refractivity contribution in [2.24, 2.45) is 4.99 Å². The first kappa shape index (κ1) is 19.6. The number of carbonyl (C=O) groups excluding carboxylic acids is 1. The van der Waals surface area contributed by atoms with Crippen LogP contribution in [0, 0.1) is 5.82 Å². The number of nitrogens with one attached hydrogen (secondary N) is 4. The molecule has 28 heavy (non-hydrogen) atoms. The van der Waals surface area contributed by atoms with E-state index in [0.717, 1.165) is 5.56 Å². The number of hydrogen-bond acceptors (Lipinski definition) is 5. The van der Waals surface area contributed by atoms with Crippen molar-refractivity contribution in [1.29, 1.82) is 0 Å². The van der Waals surface area contributed by atoms with E-state index in [1.807, 2.05) is 6.92 Å². The number of anilines is 1. The summed E-state index contributed by atoms with van der Waals surface area (Å²) in [4.78, 5) is 16.6. The van der Waals surface area contributed by atoms with Gasteiger partial charge in [-0.05, 0) is 37.3 Å². The summed E-state index contributed by atoms with van der Waals surface area (Å²) in [5.74, 6) is -0.683. The molecule has 2 aromatic rings. The summed E-state index contributed by atoms with van der Waals surface area (Å²) in [6, 6.07) is 10.2. The number of hydrogen-bond donors (Lipinski definition) is 5. The average Bonchev–Trinajstić information content (AvgIpc) is 3.03. The van der Waals surface area contributed by atoms with Gasteiger partial charge in [0.05, 0.1) is 12.3 Å². The SMILES string of the molecule is COC[C@H](C)N/C(=N/C(=O)c1cccc(O)c1)NC1NNc2cc(F)ccc21. The van der Waals surface area contributed by atoms with Gasteiger partial charge in [-0.15, -0.1) is 0 Å². The van der Waals surface area contributed by atoms with E-state index in [4.69, 9.17) is 4.74 Å². The summed E-state index contributed by atoms with van der Waals surface area (Å²) >= 11 is 0. The van der Waals surface area contributed by atoms with Gasteiger partial charge in [-0.2, -0.15) is 4.99 Å². The minimum absolute atomic E-state index is 0.0196. The lowest BCUT2D eigenvalue weighted by Crippen LogP contribution is -2.48. The minimum Gasteiger partial charge on any atom is -0.508 e. The van der Waals surface area contributed by atoms with Gasteiger partial charge in [0.15, 0.2) is 0 Å². The lowest BCUT2D eigenvalue weighted by atomic mass is 10.1. The monoisotopic (exact) mass is 387 g/mol. The number of methoxy groups -OCH3 is 1. The zero-order chi connectivity index (χ0) is 20.1. The first-order valence-electron chi connectivity index (χ1n) is 8.71. The molecular weight excluding hydrogens is 365 g/mol. The highest BCUT2D eigenvalue weighted by Gasteiger charge is 2.24. The largest absolute Gasteiger partial charge is 0.508 e. The van der Waals surface area contributed by atoms with Gasteiger partial charge in [0.1, 0.15) is 17.7 Å². The zero-order valence-corrected chi connectivity index (χ0v) is 15.5. The van der Waals surface area contributed by atoms with Crippen molar-refractivity contribution in [3.05, 3.63) is 59.4 Å². The molecule has 0 aromatic heterocycles. The molecule has 9 heteroatoms. The van der Waals surface area contributed by atoms with Gasteiger partial charge in [-0.25, -0.2) is 9.82 Å². The highest BCUT2D eigenvalue weighted by molar-refractivity contribution is 6.03. The number of aromatic hydroxyl groups is 1. The summed E-state index contributed by atoms with van der Waals surface area (Å²) in [6.45, 7) is 2.28. The van der Waals surface area contributed by atoms with Crippen LogP contribution in [-0.4, -0.2) is 36.7 Å². The lowest BCUT2D eigenvalue weighted by Gasteiger charge is -2.21. The number of aliphatic imine (C=N–C) groups is 1. The highest BCUT2D eigenvalue weighted by atomic mass is 19.1. The van der Waals surface area contributed by atoms with Gasteiger partial charge in [-0.1, -0.05) is 12.1 Å². The lowest BCUT2D eigenvalue weighted by molar-refractivity contribution is 0.100. The molecule has 1 aliphatic rings. The van der Waals surface area contributed by atoms with Gasteiger partial charge in [0.2, 0.25) is 5.96 Å². The molecule has 1 heterocycles. The maximum absolute atomic E-state index is 13.4. The summed E-state index contributed by atoms with van der Waals surface area (Å²) in [7, 11) is 1.58. The van der Waals surface area contributed by atoms with Crippen LogP contribution >= 0.6 is 0 Å². The number of phenols is 1. The molecule has 2 aromatic carbocycles. The van der Waals surface area contributed by atoms with Crippen LogP contribution in [0.15, 0.2) is 47.5 Å². The van der Waals surface area contributed by atoms with Crippen LogP contribution in [0.4, 0.5) is 10.1 Å².